The number of pyridine rings is 1. The van der Waals surface area contributed by atoms with Gasteiger partial charge in [-0.3, -0.25) is 4.72 Å². The molecule has 0 atom stereocenters. The molecule has 1 aromatic carbocycles. The van der Waals surface area contributed by atoms with Gasteiger partial charge >= 0.3 is 6.03 Å². The summed E-state index contributed by atoms with van der Waals surface area (Å²) in [6.45, 7) is 0.0877. The number of nitrogens with one attached hydrogen (secondary N) is 3. The number of carbonyl (C=O) groups is 1. The van der Waals surface area contributed by atoms with Gasteiger partial charge in [-0.15, -0.1) is 0 Å². The summed E-state index contributed by atoms with van der Waals surface area (Å²) in [5, 5.41) is 9.17. The summed E-state index contributed by atoms with van der Waals surface area (Å²) in [4.78, 5) is 12.0. The second-order valence-corrected chi connectivity index (χ2v) is 7.83. The van der Waals surface area contributed by atoms with Gasteiger partial charge in [-0.05, 0) is 30.3 Å². The Hall–Kier alpha value is -3.47. The van der Waals surface area contributed by atoms with E-state index in [0.29, 0.717) is 22.9 Å². The second-order valence-electron chi connectivity index (χ2n) is 5.99. The van der Waals surface area contributed by atoms with Gasteiger partial charge in [-0.25, -0.2) is 17.7 Å². The molecular formula is C17H17N5O5S. The maximum atomic E-state index is 12.2. The number of urea groups is 1. The Bertz CT molecular complexity index is 1130. The topological polar surface area (TPSA) is 123 Å². The van der Waals surface area contributed by atoms with Gasteiger partial charge in [0.25, 0.3) is 0 Å². The van der Waals surface area contributed by atoms with E-state index < -0.39 is 16.1 Å². The fraction of sp³-hybridized carbons (Fsp3) is 0.176. The first-order valence-corrected chi connectivity index (χ1v) is 10.0. The van der Waals surface area contributed by atoms with E-state index in [0.717, 1.165) is 5.52 Å². The molecule has 0 bridgehead atoms. The molecule has 4 rings (SSSR count). The van der Waals surface area contributed by atoms with Crippen molar-refractivity contribution in [3.63, 3.8) is 0 Å². The molecule has 146 valence electrons. The zero-order valence-corrected chi connectivity index (χ0v) is 15.4. The van der Waals surface area contributed by atoms with Gasteiger partial charge in [0, 0.05) is 30.7 Å². The Balaban J connectivity index is 1.28. The van der Waals surface area contributed by atoms with E-state index in [1.807, 2.05) is 0 Å². The lowest BCUT2D eigenvalue weighted by Crippen LogP contribution is -2.34. The molecule has 3 heterocycles. The number of hydrogen-bond donors (Lipinski definition) is 3. The first-order chi connectivity index (χ1) is 13.5. The van der Waals surface area contributed by atoms with Crippen LogP contribution >= 0.6 is 0 Å². The molecule has 0 fully saturated rings. The smallest absolute Gasteiger partial charge is 0.319 e. The van der Waals surface area contributed by atoms with Gasteiger partial charge in [0.05, 0.1) is 17.0 Å². The number of anilines is 2. The monoisotopic (exact) mass is 403 g/mol. The fourth-order valence-corrected chi connectivity index (χ4v) is 3.62. The van der Waals surface area contributed by atoms with E-state index in [4.69, 9.17) is 9.47 Å². The summed E-state index contributed by atoms with van der Waals surface area (Å²) in [5.74, 6) is 0.878. The van der Waals surface area contributed by atoms with Crippen LogP contribution in [0.5, 0.6) is 11.5 Å². The van der Waals surface area contributed by atoms with Crippen molar-refractivity contribution in [1.82, 2.24) is 14.9 Å². The van der Waals surface area contributed by atoms with Crippen LogP contribution in [0.3, 0.4) is 0 Å². The van der Waals surface area contributed by atoms with Crippen molar-refractivity contribution in [3.8, 4) is 11.5 Å². The van der Waals surface area contributed by atoms with Crippen molar-refractivity contribution in [2.24, 2.45) is 0 Å². The quantitative estimate of drug-likeness (QED) is 0.575. The van der Waals surface area contributed by atoms with E-state index in [9.17, 15) is 13.2 Å². The predicted molar refractivity (Wildman–Crippen MR) is 102 cm³/mol. The molecule has 3 aromatic rings. The molecule has 2 amide bonds. The third-order valence-corrected chi connectivity index (χ3v) is 5.25. The Morgan fingerprint density at radius 2 is 1.96 bits per heavy atom. The number of carbonyl (C=O) groups excluding carboxylic acids is 1. The van der Waals surface area contributed by atoms with Crippen LogP contribution in [-0.4, -0.2) is 43.2 Å². The average molecular weight is 403 g/mol. The number of ether oxygens (including phenoxy) is 2. The highest BCUT2D eigenvalue weighted by Gasteiger charge is 2.15. The summed E-state index contributed by atoms with van der Waals surface area (Å²) in [6, 6.07) is 9.51. The number of hydrogen-bond acceptors (Lipinski definition) is 6. The van der Waals surface area contributed by atoms with Crippen LogP contribution in [0, 0.1) is 0 Å². The largest absolute Gasteiger partial charge is 0.454 e. The number of rotatable bonds is 6. The molecule has 0 spiro atoms. The summed E-state index contributed by atoms with van der Waals surface area (Å²) in [6.07, 6.45) is 3.28. The highest BCUT2D eigenvalue weighted by atomic mass is 32.2. The van der Waals surface area contributed by atoms with Crippen LogP contribution in [0.25, 0.3) is 5.52 Å². The maximum Gasteiger partial charge on any atom is 0.319 e. The van der Waals surface area contributed by atoms with Crippen molar-refractivity contribution < 1.29 is 22.7 Å². The standard InChI is InChI=1S/C17H17N5O5S/c23-17(20-12-1-2-15-16(10-12)27-11-26-15)18-6-8-28(24,25)21-13-4-7-22-14(9-13)3-5-19-22/h1-5,7,9-10,21H,6,8,11H2,(H2,18,20,23). The number of fused-ring (bicyclic) bond motifs is 2. The molecule has 1 aliphatic heterocycles. The lowest BCUT2D eigenvalue weighted by molar-refractivity contribution is 0.174. The minimum Gasteiger partial charge on any atom is -0.454 e. The molecule has 11 heteroatoms. The second kappa shape index (κ2) is 7.27. The van der Waals surface area contributed by atoms with Crippen LogP contribution in [0.1, 0.15) is 0 Å². The zero-order valence-electron chi connectivity index (χ0n) is 14.6. The highest BCUT2D eigenvalue weighted by molar-refractivity contribution is 7.92. The molecule has 0 aliphatic carbocycles. The number of amides is 2. The molecule has 0 radical (unpaired) electrons. The first kappa shape index (κ1) is 17.9. The normalized spacial score (nSPS) is 12.7. The van der Waals surface area contributed by atoms with Crippen molar-refractivity contribution in [2.45, 2.75) is 0 Å². The lowest BCUT2D eigenvalue weighted by Gasteiger charge is -2.10. The van der Waals surface area contributed by atoms with E-state index in [1.54, 1.807) is 53.3 Å². The predicted octanol–water partition coefficient (Wildman–Crippen LogP) is 1.63. The third-order valence-electron chi connectivity index (χ3n) is 3.96. The molecule has 0 saturated heterocycles. The highest BCUT2D eigenvalue weighted by Crippen LogP contribution is 2.34. The molecular weight excluding hydrogens is 386 g/mol. The fourth-order valence-electron chi connectivity index (χ4n) is 2.66. The van der Waals surface area contributed by atoms with Crippen LogP contribution in [0.4, 0.5) is 16.2 Å². The number of sulfonamides is 1. The number of nitrogens with zero attached hydrogens (tertiary/aromatic N) is 2. The summed E-state index contributed by atoms with van der Waals surface area (Å²) in [7, 11) is -3.62. The van der Waals surface area contributed by atoms with Gasteiger partial charge in [0.1, 0.15) is 0 Å². The van der Waals surface area contributed by atoms with E-state index in [2.05, 4.69) is 20.5 Å². The van der Waals surface area contributed by atoms with Gasteiger partial charge < -0.3 is 20.1 Å². The number of benzene rings is 1. The van der Waals surface area contributed by atoms with Crippen molar-refractivity contribution in [1.29, 1.82) is 0 Å². The molecule has 2 aromatic heterocycles. The third kappa shape index (κ3) is 4.09. The lowest BCUT2D eigenvalue weighted by atomic mass is 10.3. The van der Waals surface area contributed by atoms with Crippen LogP contribution in [0.15, 0.2) is 48.8 Å². The van der Waals surface area contributed by atoms with Crippen LogP contribution in [-0.2, 0) is 10.0 Å². The summed E-state index contributed by atoms with van der Waals surface area (Å²) >= 11 is 0. The van der Waals surface area contributed by atoms with Gasteiger partial charge in [0.2, 0.25) is 16.8 Å². The van der Waals surface area contributed by atoms with Crippen LogP contribution in [0.2, 0.25) is 0 Å². The molecule has 0 unspecified atom stereocenters. The maximum absolute atomic E-state index is 12.2. The van der Waals surface area contributed by atoms with Crippen molar-refractivity contribution >= 4 is 32.9 Å². The molecule has 1 aliphatic rings. The molecule has 3 N–H and O–H groups in total. The molecule has 28 heavy (non-hydrogen) atoms. The van der Waals surface area contributed by atoms with Gasteiger partial charge in [0.15, 0.2) is 11.5 Å². The van der Waals surface area contributed by atoms with Gasteiger partial charge in [-0.2, -0.15) is 5.10 Å². The van der Waals surface area contributed by atoms with E-state index >= 15 is 0 Å². The summed E-state index contributed by atoms with van der Waals surface area (Å²) < 4.78 is 39.0. The first-order valence-electron chi connectivity index (χ1n) is 8.37. The Morgan fingerprint density at radius 1 is 1.11 bits per heavy atom. The average Bonchev–Trinajstić information content (AvgIpc) is 3.29. The SMILES string of the molecule is O=C(NCCS(=O)(=O)Nc1ccn2nccc2c1)Nc1ccc2c(c1)OCO2. The Labute approximate surface area is 160 Å². The van der Waals surface area contributed by atoms with Gasteiger partial charge in [-0.1, -0.05) is 0 Å². The minimum absolute atomic E-state index is 0.0549. The van der Waals surface area contributed by atoms with E-state index in [-0.39, 0.29) is 19.1 Å². The minimum atomic E-state index is -3.62. The van der Waals surface area contributed by atoms with Crippen molar-refractivity contribution in [2.75, 3.05) is 29.1 Å². The zero-order chi connectivity index (χ0) is 19.6. The van der Waals surface area contributed by atoms with Crippen molar-refractivity contribution in [3.05, 3.63) is 48.8 Å². The molecule has 10 nitrogen and oxygen atoms in total. The van der Waals surface area contributed by atoms with E-state index in [1.165, 1.54) is 0 Å². The van der Waals surface area contributed by atoms with Crippen LogP contribution < -0.4 is 24.8 Å². The summed E-state index contributed by atoms with van der Waals surface area (Å²) in [5.41, 5.74) is 1.70. The number of aromatic nitrogens is 2. The molecule has 0 saturated carbocycles. The Morgan fingerprint density at radius 3 is 2.86 bits per heavy atom. The Kier molecular flexibility index (Phi) is 4.65.